The van der Waals surface area contributed by atoms with Crippen molar-refractivity contribution >= 4 is 38.7 Å². The van der Waals surface area contributed by atoms with Crippen LogP contribution in [-0.2, 0) is 0 Å². The summed E-state index contributed by atoms with van der Waals surface area (Å²) < 4.78 is 11.8. The van der Waals surface area contributed by atoms with Gasteiger partial charge in [0.25, 0.3) is 6.01 Å². The quantitative estimate of drug-likeness (QED) is 0.780. The Balaban J connectivity index is 1.90. The predicted octanol–water partition coefficient (Wildman–Crippen LogP) is 4.34. The number of ether oxygens (including phenoxy) is 1. The summed E-state index contributed by atoms with van der Waals surface area (Å²) in [5.74, 6) is 0.760. The fourth-order valence-electron chi connectivity index (χ4n) is 1.74. The molecule has 0 amide bonds. The molecule has 0 saturated carbocycles. The van der Waals surface area contributed by atoms with Crippen LogP contribution in [-0.4, -0.2) is 12.1 Å². The van der Waals surface area contributed by atoms with Crippen LogP contribution in [0.2, 0.25) is 0 Å². The highest BCUT2D eigenvalue weighted by atomic mass is 79.9. The lowest BCUT2D eigenvalue weighted by Crippen LogP contribution is -1.89. The molecule has 5 heteroatoms. The molecule has 1 aromatic heterocycles. The summed E-state index contributed by atoms with van der Waals surface area (Å²) >= 11 is 3.39. The van der Waals surface area contributed by atoms with E-state index in [9.17, 15) is 0 Å². The van der Waals surface area contributed by atoms with Crippen LogP contribution < -0.4 is 10.1 Å². The van der Waals surface area contributed by atoms with Gasteiger partial charge >= 0.3 is 0 Å². The van der Waals surface area contributed by atoms with Crippen LogP contribution in [0.3, 0.4) is 0 Å². The zero-order valence-electron chi connectivity index (χ0n) is 10.2. The first-order valence-electron chi connectivity index (χ1n) is 5.72. The van der Waals surface area contributed by atoms with Gasteiger partial charge in [0, 0.05) is 16.2 Å². The maximum Gasteiger partial charge on any atom is 0.300 e. The van der Waals surface area contributed by atoms with Crippen molar-refractivity contribution in [3.05, 3.63) is 46.9 Å². The van der Waals surface area contributed by atoms with E-state index in [1.54, 1.807) is 7.11 Å². The average molecular weight is 319 g/mol. The van der Waals surface area contributed by atoms with Gasteiger partial charge in [-0.05, 0) is 36.4 Å². The Bertz CT molecular complexity index is 707. The number of rotatable bonds is 3. The van der Waals surface area contributed by atoms with Gasteiger partial charge in [-0.2, -0.15) is 4.98 Å². The first-order chi connectivity index (χ1) is 9.24. The second-order valence-corrected chi connectivity index (χ2v) is 4.90. The lowest BCUT2D eigenvalue weighted by atomic mass is 10.3. The van der Waals surface area contributed by atoms with Gasteiger partial charge in [0.15, 0.2) is 5.58 Å². The maximum absolute atomic E-state index is 5.61. The second-order valence-electron chi connectivity index (χ2n) is 3.98. The lowest BCUT2D eigenvalue weighted by molar-refractivity contribution is 0.415. The summed E-state index contributed by atoms with van der Waals surface area (Å²) in [6.45, 7) is 0. The molecule has 0 unspecified atom stereocenters. The summed E-state index contributed by atoms with van der Waals surface area (Å²) in [6.07, 6.45) is 0. The molecule has 0 fully saturated rings. The number of halogens is 1. The SMILES string of the molecule is COc1ccc2oc(Nc3ccc(Br)cc3)nc2c1. The van der Waals surface area contributed by atoms with Crippen molar-refractivity contribution in [2.75, 3.05) is 12.4 Å². The van der Waals surface area contributed by atoms with Gasteiger partial charge in [-0.3, -0.25) is 0 Å². The van der Waals surface area contributed by atoms with E-state index in [-0.39, 0.29) is 0 Å². The van der Waals surface area contributed by atoms with Crippen molar-refractivity contribution in [3.63, 3.8) is 0 Å². The smallest absolute Gasteiger partial charge is 0.300 e. The molecule has 3 aromatic rings. The molecule has 0 aliphatic carbocycles. The molecule has 3 rings (SSSR count). The van der Waals surface area contributed by atoms with Crippen LogP contribution in [0.5, 0.6) is 5.75 Å². The number of oxazole rings is 1. The van der Waals surface area contributed by atoms with Gasteiger partial charge in [0.1, 0.15) is 11.3 Å². The molecule has 4 nitrogen and oxygen atoms in total. The highest BCUT2D eigenvalue weighted by Crippen LogP contribution is 2.25. The number of benzene rings is 2. The van der Waals surface area contributed by atoms with Crippen LogP contribution in [0.1, 0.15) is 0 Å². The molecule has 0 aliphatic heterocycles. The fourth-order valence-corrected chi connectivity index (χ4v) is 2.01. The highest BCUT2D eigenvalue weighted by molar-refractivity contribution is 9.10. The number of nitrogens with one attached hydrogen (secondary N) is 1. The van der Waals surface area contributed by atoms with Crippen molar-refractivity contribution in [1.82, 2.24) is 4.98 Å². The molecule has 1 heterocycles. The largest absolute Gasteiger partial charge is 0.497 e. The minimum atomic E-state index is 0.463. The Hall–Kier alpha value is -2.01. The van der Waals surface area contributed by atoms with Gasteiger partial charge in [-0.15, -0.1) is 0 Å². The normalized spacial score (nSPS) is 10.6. The van der Waals surface area contributed by atoms with E-state index in [4.69, 9.17) is 9.15 Å². The minimum absolute atomic E-state index is 0.463. The molecule has 19 heavy (non-hydrogen) atoms. The third-order valence-corrected chi connectivity index (χ3v) is 3.22. The molecule has 1 N–H and O–H groups in total. The van der Waals surface area contributed by atoms with E-state index >= 15 is 0 Å². The maximum atomic E-state index is 5.61. The number of anilines is 2. The Kier molecular flexibility index (Phi) is 3.13. The molecule has 0 bridgehead atoms. The van der Waals surface area contributed by atoms with Crippen molar-refractivity contribution in [2.45, 2.75) is 0 Å². The van der Waals surface area contributed by atoms with Gasteiger partial charge in [0.05, 0.1) is 7.11 Å². The topological polar surface area (TPSA) is 47.3 Å². The zero-order valence-corrected chi connectivity index (χ0v) is 11.8. The molecule has 0 spiro atoms. The van der Waals surface area contributed by atoms with Crippen molar-refractivity contribution in [1.29, 1.82) is 0 Å². The fraction of sp³-hybridized carbons (Fsp3) is 0.0714. The van der Waals surface area contributed by atoms with Crippen LogP contribution in [0.4, 0.5) is 11.7 Å². The summed E-state index contributed by atoms with van der Waals surface area (Å²) in [7, 11) is 1.63. The van der Waals surface area contributed by atoms with Gasteiger partial charge < -0.3 is 14.5 Å². The second kappa shape index (κ2) is 4.93. The number of hydrogen-bond donors (Lipinski definition) is 1. The summed E-state index contributed by atoms with van der Waals surface area (Å²) in [5.41, 5.74) is 2.40. The van der Waals surface area contributed by atoms with Gasteiger partial charge in [-0.25, -0.2) is 0 Å². The van der Waals surface area contributed by atoms with E-state index in [2.05, 4.69) is 26.2 Å². The molecule has 0 aliphatic rings. The number of methoxy groups -OCH3 is 1. The third kappa shape index (κ3) is 2.56. The summed E-state index contributed by atoms with van der Waals surface area (Å²) in [5, 5.41) is 3.12. The van der Waals surface area contributed by atoms with Gasteiger partial charge in [-0.1, -0.05) is 15.9 Å². The van der Waals surface area contributed by atoms with E-state index in [0.29, 0.717) is 6.01 Å². The molecule has 0 radical (unpaired) electrons. The molecule has 2 aromatic carbocycles. The third-order valence-electron chi connectivity index (χ3n) is 2.69. The van der Waals surface area contributed by atoms with E-state index in [1.807, 2.05) is 42.5 Å². The molecule has 96 valence electrons. The first kappa shape index (κ1) is 12.0. The Morgan fingerprint density at radius 2 is 1.95 bits per heavy atom. The van der Waals surface area contributed by atoms with Crippen LogP contribution in [0.15, 0.2) is 51.4 Å². The predicted molar refractivity (Wildman–Crippen MR) is 78.0 cm³/mol. The van der Waals surface area contributed by atoms with Crippen LogP contribution >= 0.6 is 15.9 Å². The molecule has 0 atom stereocenters. The number of aromatic nitrogens is 1. The van der Waals surface area contributed by atoms with E-state index < -0.39 is 0 Å². The highest BCUT2D eigenvalue weighted by Gasteiger charge is 2.06. The Morgan fingerprint density at radius 3 is 2.68 bits per heavy atom. The van der Waals surface area contributed by atoms with Crippen LogP contribution in [0, 0.1) is 0 Å². The standard InChI is InChI=1S/C14H11BrN2O2/c1-18-11-6-7-13-12(8-11)17-14(19-13)16-10-4-2-9(15)3-5-10/h2-8H,1H3,(H,16,17). The summed E-state index contributed by atoms with van der Waals surface area (Å²) in [6, 6.07) is 13.8. The number of nitrogens with zero attached hydrogens (tertiary/aromatic N) is 1. The molecular formula is C14H11BrN2O2. The number of fused-ring (bicyclic) bond motifs is 1. The average Bonchev–Trinajstić information content (AvgIpc) is 2.82. The van der Waals surface area contributed by atoms with Crippen LogP contribution in [0.25, 0.3) is 11.1 Å². The Labute approximate surface area is 118 Å². The minimum Gasteiger partial charge on any atom is -0.497 e. The van der Waals surface area contributed by atoms with Crippen molar-refractivity contribution in [2.24, 2.45) is 0 Å². The molecule has 0 saturated heterocycles. The monoisotopic (exact) mass is 318 g/mol. The van der Waals surface area contributed by atoms with Gasteiger partial charge in [0.2, 0.25) is 0 Å². The first-order valence-corrected chi connectivity index (χ1v) is 6.51. The van der Waals surface area contributed by atoms with E-state index in [0.717, 1.165) is 27.0 Å². The number of hydrogen-bond acceptors (Lipinski definition) is 4. The molecular weight excluding hydrogens is 308 g/mol. The lowest BCUT2D eigenvalue weighted by Gasteiger charge is -2.00. The van der Waals surface area contributed by atoms with Crippen molar-refractivity contribution in [3.8, 4) is 5.75 Å². The zero-order chi connectivity index (χ0) is 13.2. The van der Waals surface area contributed by atoms with E-state index in [1.165, 1.54) is 0 Å². The Morgan fingerprint density at radius 1 is 1.16 bits per heavy atom. The van der Waals surface area contributed by atoms with Crippen molar-refractivity contribution < 1.29 is 9.15 Å². The summed E-state index contributed by atoms with van der Waals surface area (Å²) in [4.78, 5) is 4.37.